The Bertz CT molecular complexity index is 1420. The number of fused-ring (bicyclic) bond motifs is 1. The Balaban J connectivity index is 1.36. The number of likely N-dealkylation sites (N-methyl/N-ethyl adjacent to an activating group) is 1. The molecule has 6 nitrogen and oxygen atoms in total. The maximum absolute atomic E-state index is 13.5. The molecule has 38 heavy (non-hydrogen) atoms. The number of carbonyl (C=O) groups is 1. The van der Waals surface area contributed by atoms with Gasteiger partial charge in [0.25, 0.3) is 0 Å². The van der Waals surface area contributed by atoms with Crippen LogP contribution in [0.4, 0.5) is 24.5 Å². The zero-order valence-corrected chi connectivity index (χ0v) is 21.8. The lowest BCUT2D eigenvalue weighted by Gasteiger charge is -2.35. The smallest absolute Gasteiger partial charge is 0.367 e. The van der Waals surface area contributed by atoms with E-state index in [4.69, 9.17) is 0 Å². The minimum Gasteiger partial charge on any atom is -0.367 e. The number of thioether (sulfide) groups is 1. The number of rotatable bonds is 7. The predicted octanol–water partition coefficient (Wildman–Crippen LogP) is 5.01. The van der Waals surface area contributed by atoms with E-state index in [9.17, 15) is 18.0 Å². The molecule has 5 rings (SSSR count). The quantitative estimate of drug-likeness (QED) is 0.256. The summed E-state index contributed by atoms with van der Waals surface area (Å²) >= 11 is 1.32. The molecule has 0 atom stereocenters. The lowest BCUT2D eigenvalue weighted by atomic mass is 10.1. The molecule has 1 aliphatic heterocycles. The molecule has 0 radical (unpaired) electrons. The molecule has 1 aliphatic rings. The minimum atomic E-state index is -4.50. The predicted molar refractivity (Wildman–Crippen MR) is 145 cm³/mol. The third-order valence-electron chi connectivity index (χ3n) is 6.65. The van der Waals surface area contributed by atoms with Gasteiger partial charge in [-0.05, 0) is 54.7 Å². The van der Waals surface area contributed by atoms with Gasteiger partial charge in [0.2, 0.25) is 5.91 Å². The summed E-state index contributed by atoms with van der Waals surface area (Å²) in [5.74, 6) is -0.324. The first-order valence-corrected chi connectivity index (χ1v) is 13.4. The Morgan fingerprint density at radius 2 is 1.71 bits per heavy atom. The van der Waals surface area contributed by atoms with Crippen LogP contribution in [0, 0.1) is 0 Å². The number of benzene rings is 3. The standard InChI is InChI=1S/C28H28F3N5OS/c1-34-13-15-35(16-14-34)24-12-11-21(28(29,30)31)17-23(24)32-26(37)19-38-27-33-22-9-5-6-10-25(22)36(27)18-20-7-3-2-4-8-20/h2-12,17H,13-16,18-19H2,1H3,(H,32,37)/p+1. The van der Waals surface area contributed by atoms with Crippen LogP contribution in [0.25, 0.3) is 11.0 Å². The van der Waals surface area contributed by atoms with Crippen LogP contribution in [0.3, 0.4) is 0 Å². The number of alkyl halides is 3. The number of aromatic nitrogens is 2. The Labute approximate surface area is 223 Å². The van der Waals surface area contributed by atoms with Crippen LogP contribution in [-0.2, 0) is 17.5 Å². The number of hydrogen-bond donors (Lipinski definition) is 2. The van der Waals surface area contributed by atoms with E-state index in [1.807, 2.05) is 66.5 Å². The number of carbonyl (C=O) groups excluding carboxylic acids is 1. The van der Waals surface area contributed by atoms with Gasteiger partial charge in [-0.15, -0.1) is 0 Å². The zero-order valence-electron chi connectivity index (χ0n) is 21.0. The van der Waals surface area contributed by atoms with E-state index >= 15 is 0 Å². The van der Waals surface area contributed by atoms with E-state index in [0.717, 1.165) is 47.0 Å². The molecule has 3 aromatic carbocycles. The lowest BCUT2D eigenvalue weighted by Crippen LogP contribution is -2.44. The second-order valence-electron chi connectivity index (χ2n) is 9.38. The van der Waals surface area contributed by atoms with Crippen LogP contribution in [0.2, 0.25) is 0 Å². The summed E-state index contributed by atoms with van der Waals surface area (Å²) in [4.78, 5) is 20.6. The summed E-state index contributed by atoms with van der Waals surface area (Å²) in [5, 5.41) is 3.57. The van der Waals surface area contributed by atoms with Crippen molar-refractivity contribution in [1.29, 1.82) is 0 Å². The molecular weight excluding hydrogens is 511 g/mol. The number of anilines is 2. The number of nitrogens with zero attached hydrogens (tertiary/aromatic N) is 3. The molecule has 2 heterocycles. The topological polar surface area (TPSA) is 55.2 Å². The first kappa shape index (κ1) is 26.1. The van der Waals surface area contributed by atoms with Gasteiger partial charge in [0.05, 0.1) is 22.7 Å². The Morgan fingerprint density at radius 1 is 1.00 bits per heavy atom. The summed E-state index contributed by atoms with van der Waals surface area (Å²) in [6, 6.07) is 21.5. The van der Waals surface area contributed by atoms with Gasteiger partial charge >= 0.3 is 11.3 Å². The van der Waals surface area contributed by atoms with Crippen molar-refractivity contribution in [3.63, 3.8) is 0 Å². The molecule has 1 saturated heterocycles. The number of hydrogen-bond acceptors (Lipinski definition) is 4. The van der Waals surface area contributed by atoms with Crippen molar-refractivity contribution in [2.45, 2.75) is 17.9 Å². The fraction of sp³-hybridized carbons (Fsp3) is 0.286. The van der Waals surface area contributed by atoms with Crippen LogP contribution < -0.4 is 14.8 Å². The SMILES string of the molecule is CN1CCN(c2ccc(C(F)(F)F)cc2NC(=O)CSc2[nH]c3ccccc3[n+]2Cc2ccccc2)CC1. The molecule has 10 heteroatoms. The molecule has 0 aliphatic carbocycles. The molecule has 1 aromatic heterocycles. The largest absolute Gasteiger partial charge is 0.416 e. The lowest BCUT2D eigenvalue weighted by molar-refractivity contribution is -0.700. The van der Waals surface area contributed by atoms with Crippen molar-refractivity contribution in [2.24, 2.45) is 0 Å². The van der Waals surface area contributed by atoms with Gasteiger partial charge in [0.1, 0.15) is 6.54 Å². The van der Waals surface area contributed by atoms with Crippen LogP contribution in [0.15, 0.2) is 78.0 Å². The number of H-pyrrole nitrogens is 1. The monoisotopic (exact) mass is 540 g/mol. The van der Waals surface area contributed by atoms with Crippen LogP contribution in [-0.4, -0.2) is 54.8 Å². The second-order valence-corrected chi connectivity index (χ2v) is 10.3. The third kappa shape index (κ3) is 5.97. The number of nitrogens with one attached hydrogen (secondary N) is 2. The summed E-state index contributed by atoms with van der Waals surface area (Å²) < 4.78 is 42.6. The number of aromatic amines is 1. The molecule has 4 aromatic rings. The number of piperazine rings is 1. The van der Waals surface area contributed by atoms with Crippen LogP contribution in [0.1, 0.15) is 11.1 Å². The van der Waals surface area contributed by atoms with E-state index in [1.165, 1.54) is 17.8 Å². The normalized spacial score (nSPS) is 14.7. The summed E-state index contributed by atoms with van der Waals surface area (Å²) in [6.07, 6.45) is -4.50. The molecular formula is C28H29F3N5OS+. The van der Waals surface area contributed by atoms with Crippen molar-refractivity contribution in [1.82, 2.24) is 9.88 Å². The van der Waals surface area contributed by atoms with Gasteiger partial charge in [-0.2, -0.15) is 13.2 Å². The molecule has 1 amide bonds. The average Bonchev–Trinajstić information content (AvgIpc) is 3.25. The highest BCUT2D eigenvalue weighted by Gasteiger charge is 2.32. The highest BCUT2D eigenvalue weighted by molar-refractivity contribution is 7.99. The van der Waals surface area contributed by atoms with Crippen molar-refractivity contribution in [3.8, 4) is 0 Å². The summed E-state index contributed by atoms with van der Waals surface area (Å²) in [5.41, 5.74) is 3.08. The molecule has 0 unspecified atom stereocenters. The molecule has 2 N–H and O–H groups in total. The number of halogens is 3. The summed E-state index contributed by atoms with van der Waals surface area (Å²) in [7, 11) is 2.01. The zero-order chi connectivity index (χ0) is 26.7. The van der Waals surface area contributed by atoms with Crippen molar-refractivity contribution in [2.75, 3.05) is 49.2 Å². The van der Waals surface area contributed by atoms with Gasteiger partial charge < -0.3 is 15.1 Å². The Kier molecular flexibility index (Phi) is 7.62. The van der Waals surface area contributed by atoms with Gasteiger partial charge in [-0.25, -0.2) is 9.55 Å². The van der Waals surface area contributed by atoms with E-state index in [-0.39, 0.29) is 17.3 Å². The number of imidazole rings is 1. The Hall–Kier alpha value is -3.50. The second kappa shape index (κ2) is 11.1. The van der Waals surface area contributed by atoms with Crippen LogP contribution >= 0.6 is 11.8 Å². The maximum atomic E-state index is 13.5. The van der Waals surface area contributed by atoms with Gasteiger partial charge in [0.15, 0.2) is 11.0 Å². The van der Waals surface area contributed by atoms with Gasteiger partial charge in [-0.3, -0.25) is 4.79 Å². The maximum Gasteiger partial charge on any atom is 0.416 e. The fourth-order valence-corrected chi connectivity index (χ4v) is 5.44. The first-order valence-electron chi connectivity index (χ1n) is 12.4. The van der Waals surface area contributed by atoms with E-state index in [2.05, 4.69) is 19.8 Å². The number of para-hydroxylation sites is 2. The fourth-order valence-electron chi connectivity index (χ4n) is 4.60. The first-order chi connectivity index (χ1) is 18.3. The Morgan fingerprint density at radius 3 is 2.45 bits per heavy atom. The van der Waals surface area contributed by atoms with Crippen molar-refractivity contribution < 1.29 is 22.5 Å². The van der Waals surface area contributed by atoms with Gasteiger partial charge in [0, 0.05) is 26.2 Å². The highest BCUT2D eigenvalue weighted by Crippen LogP contribution is 2.36. The third-order valence-corrected chi connectivity index (χ3v) is 7.65. The average molecular weight is 541 g/mol. The molecule has 0 bridgehead atoms. The van der Waals surface area contributed by atoms with E-state index in [1.54, 1.807) is 0 Å². The molecule has 198 valence electrons. The minimum absolute atomic E-state index is 0.0417. The van der Waals surface area contributed by atoms with Crippen molar-refractivity contribution in [3.05, 3.63) is 83.9 Å². The van der Waals surface area contributed by atoms with Crippen LogP contribution in [0.5, 0.6) is 0 Å². The highest BCUT2D eigenvalue weighted by atomic mass is 32.2. The van der Waals surface area contributed by atoms with Gasteiger partial charge in [-0.1, -0.05) is 42.5 Å². The number of amides is 1. The van der Waals surface area contributed by atoms with E-state index in [0.29, 0.717) is 25.3 Å². The molecule has 1 fully saturated rings. The van der Waals surface area contributed by atoms with E-state index < -0.39 is 11.7 Å². The molecule has 0 saturated carbocycles. The molecule has 0 spiro atoms. The van der Waals surface area contributed by atoms with Crippen molar-refractivity contribution >= 4 is 40.1 Å². The summed E-state index contributed by atoms with van der Waals surface area (Å²) in [6.45, 7) is 3.57.